The first kappa shape index (κ1) is 18.0. The lowest BCUT2D eigenvalue weighted by Gasteiger charge is -2.06. The Kier molecular flexibility index (Phi) is 6.57. The van der Waals surface area contributed by atoms with E-state index in [9.17, 15) is 9.59 Å². The molecule has 2 amide bonds. The van der Waals surface area contributed by atoms with E-state index in [1.807, 2.05) is 6.07 Å². The Bertz CT molecular complexity index is 826. The van der Waals surface area contributed by atoms with Crippen LogP contribution >= 0.6 is 11.6 Å². The van der Waals surface area contributed by atoms with Crippen molar-refractivity contribution in [2.45, 2.75) is 0 Å². The van der Waals surface area contributed by atoms with Gasteiger partial charge >= 0.3 is 0 Å². The molecule has 0 aromatic heterocycles. The van der Waals surface area contributed by atoms with Crippen molar-refractivity contribution in [3.63, 3.8) is 0 Å². The number of ether oxygens (including phenoxy) is 1. The van der Waals surface area contributed by atoms with Crippen molar-refractivity contribution in [2.75, 3.05) is 6.61 Å². The summed E-state index contributed by atoms with van der Waals surface area (Å²) in [4.78, 5) is 23.6. The lowest BCUT2D eigenvalue weighted by molar-refractivity contribution is -0.117. The van der Waals surface area contributed by atoms with Gasteiger partial charge in [0.25, 0.3) is 11.8 Å². The standard InChI is InChI=1S/C18H14ClN3O3/c19-16-4-2-1-3-15(16)18(24)22-21-17(23)10-7-13-5-8-14(9-6-13)25-12-11-20/h1-10H,12H2,(H,21,23)(H,22,24)/b10-7+. The van der Waals surface area contributed by atoms with Crippen LogP contribution < -0.4 is 15.6 Å². The summed E-state index contributed by atoms with van der Waals surface area (Å²) < 4.78 is 5.13. The number of nitrogens with zero attached hydrogens (tertiary/aromatic N) is 1. The smallest absolute Gasteiger partial charge is 0.271 e. The Hall–Kier alpha value is -3.30. The number of nitriles is 1. The van der Waals surface area contributed by atoms with E-state index in [0.717, 1.165) is 5.56 Å². The van der Waals surface area contributed by atoms with Crippen LogP contribution in [0.2, 0.25) is 5.02 Å². The molecule has 0 radical (unpaired) electrons. The molecule has 2 aromatic carbocycles. The molecule has 2 N–H and O–H groups in total. The van der Waals surface area contributed by atoms with E-state index in [1.165, 1.54) is 6.08 Å². The molecule has 0 saturated heterocycles. The third-order valence-electron chi connectivity index (χ3n) is 3.03. The highest BCUT2D eigenvalue weighted by Crippen LogP contribution is 2.14. The summed E-state index contributed by atoms with van der Waals surface area (Å²) in [6, 6.07) is 15.2. The Morgan fingerprint density at radius 3 is 2.52 bits per heavy atom. The average molecular weight is 356 g/mol. The zero-order chi connectivity index (χ0) is 18.1. The van der Waals surface area contributed by atoms with Crippen molar-refractivity contribution in [3.8, 4) is 11.8 Å². The summed E-state index contributed by atoms with van der Waals surface area (Å²) in [5.74, 6) is -0.438. The number of rotatable bonds is 5. The molecule has 126 valence electrons. The third-order valence-corrected chi connectivity index (χ3v) is 3.36. The monoisotopic (exact) mass is 355 g/mol. The molecule has 7 heteroatoms. The molecule has 0 bridgehead atoms. The Morgan fingerprint density at radius 2 is 1.84 bits per heavy atom. The Balaban J connectivity index is 1.85. The maximum absolute atomic E-state index is 11.9. The minimum absolute atomic E-state index is 0.0251. The van der Waals surface area contributed by atoms with Crippen molar-refractivity contribution in [1.29, 1.82) is 5.26 Å². The molecule has 0 aliphatic rings. The topological polar surface area (TPSA) is 91.2 Å². The minimum Gasteiger partial charge on any atom is -0.479 e. The molecular weight excluding hydrogens is 342 g/mol. The molecule has 0 spiro atoms. The van der Waals surface area contributed by atoms with Crippen LogP contribution in [-0.2, 0) is 4.79 Å². The number of hydrogen-bond donors (Lipinski definition) is 2. The van der Waals surface area contributed by atoms with E-state index >= 15 is 0 Å². The Labute approximate surface area is 149 Å². The largest absolute Gasteiger partial charge is 0.479 e. The fourth-order valence-electron chi connectivity index (χ4n) is 1.84. The lowest BCUT2D eigenvalue weighted by Crippen LogP contribution is -2.40. The molecule has 2 aromatic rings. The fraction of sp³-hybridized carbons (Fsp3) is 0.0556. The van der Waals surface area contributed by atoms with Crippen molar-refractivity contribution < 1.29 is 14.3 Å². The van der Waals surface area contributed by atoms with Crippen LogP contribution in [-0.4, -0.2) is 18.4 Å². The Morgan fingerprint density at radius 1 is 1.12 bits per heavy atom. The zero-order valence-corrected chi connectivity index (χ0v) is 13.8. The number of benzene rings is 2. The number of halogens is 1. The highest BCUT2D eigenvalue weighted by atomic mass is 35.5. The zero-order valence-electron chi connectivity index (χ0n) is 13.0. The maximum Gasteiger partial charge on any atom is 0.271 e. The molecule has 0 fully saturated rings. The third kappa shape index (κ3) is 5.68. The van der Waals surface area contributed by atoms with Crippen molar-refractivity contribution >= 4 is 29.5 Å². The minimum atomic E-state index is -0.508. The second kappa shape index (κ2) is 9.11. The van der Waals surface area contributed by atoms with Crippen molar-refractivity contribution in [3.05, 3.63) is 70.8 Å². The number of amides is 2. The van der Waals surface area contributed by atoms with Crippen LogP contribution in [0.3, 0.4) is 0 Å². The second-order valence-corrected chi connectivity index (χ2v) is 5.18. The SMILES string of the molecule is N#CCOc1ccc(/C=C/C(=O)NNC(=O)c2ccccc2Cl)cc1. The van der Waals surface area contributed by atoms with E-state index in [4.69, 9.17) is 21.6 Å². The lowest BCUT2D eigenvalue weighted by atomic mass is 10.2. The maximum atomic E-state index is 11.9. The first-order valence-electron chi connectivity index (χ1n) is 7.23. The quantitative estimate of drug-likeness (QED) is 0.637. The predicted octanol–water partition coefficient (Wildman–Crippen LogP) is 2.72. The van der Waals surface area contributed by atoms with Gasteiger partial charge in [0.05, 0.1) is 10.6 Å². The van der Waals surface area contributed by atoms with Gasteiger partial charge in [-0.3, -0.25) is 20.4 Å². The van der Waals surface area contributed by atoms with Gasteiger partial charge in [0.1, 0.15) is 11.8 Å². The van der Waals surface area contributed by atoms with Gasteiger partial charge in [-0.1, -0.05) is 35.9 Å². The summed E-state index contributed by atoms with van der Waals surface area (Å²) >= 11 is 5.90. The van der Waals surface area contributed by atoms with Gasteiger partial charge in [0, 0.05) is 6.08 Å². The van der Waals surface area contributed by atoms with Gasteiger partial charge in [0.2, 0.25) is 0 Å². The van der Waals surface area contributed by atoms with E-state index in [2.05, 4.69) is 10.9 Å². The molecular formula is C18H14ClN3O3. The molecule has 0 aliphatic carbocycles. The first-order chi connectivity index (χ1) is 12.1. The highest BCUT2D eigenvalue weighted by molar-refractivity contribution is 6.33. The summed E-state index contributed by atoms with van der Waals surface area (Å²) in [5, 5.41) is 8.73. The summed E-state index contributed by atoms with van der Waals surface area (Å²) in [7, 11) is 0. The molecule has 0 unspecified atom stereocenters. The normalized spacial score (nSPS) is 10.1. The van der Waals surface area contributed by atoms with Crippen molar-refractivity contribution in [1.82, 2.24) is 10.9 Å². The number of hydrazine groups is 1. The van der Waals surface area contributed by atoms with Crippen LogP contribution in [0.15, 0.2) is 54.6 Å². The van der Waals surface area contributed by atoms with Gasteiger partial charge in [0.15, 0.2) is 6.61 Å². The number of nitrogens with one attached hydrogen (secondary N) is 2. The van der Waals surface area contributed by atoms with Gasteiger partial charge in [-0.2, -0.15) is 5.26 Å². The second-order valence-electron chi connectivity index (χ2n) is 4.77. The van der Waals surface area contributed by atoms with Crippen LogP contribution in [0, 0.1) is 11.3 Å². The highest BCUT2D eigenvalue weighted by Gasteiger charge is 2.09. The van der Waals surface area contributed by atoms with E-state index in [-0.39, 0.29) is 12.2 Å². The van der Waals surface area contributed by atoms with Gasteiger partial charge in [-0.15, -0.1) is 0 Å². The van der Waals surface area contributed by atoms with E-state index in [1.54, 1.807) is 54.6 Å². The van der Waals surface area contributed by atoms with Gasteiger partial charge in [-0.25, -0.2) is 0 Å². The predicted molar refractivity (Wildman–Crippen MR) is 93.6 cm³/mol. The van der Waals surface area contributed by atoms with E-state index < -0.39 is 11.8 Å². The molecule has 0 aliphatic heterocycles. The average Bonchev–Trinajstić information content (AvgIpc) is 2.64. The number of carbonyl (C=O) groups excluding carboxylic acids is 2. The van der Waals surface area contributed by atoms with Crippen LogP contribution in [0.1, 0.15) is 15.9 Å². The molecule has 25 heavy (non-hydrogen) atoms. The summed E-state index contributed by atoms with van der Waals surface area (Å²) in [6.07, 6.45) is 2.85. The number of carbonyl (C=O) groups is 2. The van der Waals surface area contributed by atoms with Crippen LogP contribution in [0.4, 0.5) is 0 Å². The summed E-state index contributed by atoms with van der Waals surface area (Å²) in [5.41, 5.74) is 5.58. The van der Waals surface area contributed by atoms with E-state index in [0.29, 0.717) is 10.8 Å². The molecule has 6 nitrogen and oxygen atoms in total. The molecule has 0 saturated carbocycles. The van der Waals surface area contributed by atoms with Crippen LogP contribution in [0.5, 0.6) is 5.75 Å². The fourth-order valence-corrected chi connectivity index (χ4v) is 2.06. The molecule has 0 heterocycles. The number of hydrogen-bond acceptors (Lipinski definition) is 4. The first-order valence-corrected chi connectivity index (χ1v) is 7.60. The van der Waals surface area contributed by atoms with Crippen LogP contribution in [0.25, 0.3) is 6.08 Å². The van der Waals surface area contributed by atoms with Crippen molar-refractivity contribution in [2.24, 2.45) is 0 Å². The molecule has 0 atom stereocenters. The molecule has 2 rings (SSSR count). The summed E-state index contributed by atoms with van der Waals surface area (Å²) in [6.45, 7) is -0.0251. The van der Waals surface area contributed by atoms with Gasteiger partial charge < -0.3 is 4.74 Å². The van der Waals surface area contributed by atoms with Gasteiger partial charge in [-0.05, 0) is 35.9 Å².